The molecule has 1 rings (SSSR count). The molecule has 126 valence electrons. The van der Waals surface area contributed by atoms with Gasteiger partial charge in [0.1, 0.15) is 0 Å². The molecule has 0 aromatic heterocycles. The predicted molar refractivity (Wildman–Crippen MR) is 103 cm³/mol. The van der Waals surface area contributed by atoms with Crippen LogP contribution in [0.4, 0.5) is 0 Å². The molecule has 0 atom stereocenters. The Bertz CT molecular complexity index is 465. The monoisotopic (exact) mass is 421 g/mol. The number of hydrogen-bond acceptors (Lipinski definition) is 3. The van der Waals surface area contributed by atoms with E-state index in [-0.39, 0.29) is 24.0 Å². The van der Waals surface area contributed by atoms with Gasteiger partial charge < -0.3 is 20.1 Å². The maximum absolute atomic E-state index is 5.31. The Morgan fingerprint density at radius 2 is 1.82 bits per heavy atom. The summed E-state index contributed by atoms with van der Waals surface area (Å²) >= 11 is 0. The Kier molecular flexibility index (Phi) is 10.8. The normalized spacial score (nSPS) is 10.9. The van der Waals surface area contributed by atoms with Gasteiger partial charge >= 0.3 is 0 Å². The van der Waals surface area contributed by atoms with E-state index in [2.05, 4.69) is 29.5 Å². The molecule has 0 saturated heterocycles. The van der Waals surface area contributed by atoms with Gasteiger partial charge in [0.15, 0.2) is 17.5 Å². The van der Waals surface area contributed by atoms with Crippen LogP contribution in [0.15, 0.2) is 23.2 Å². The topological polar surface area (TPSA) is 54.9 Å². The van der Waals surface area contributed by atoms with E-state index in [0.717, 1.165) is 37.0 Å². The number of nitrogens with zero attached hydrogens (tertiary/aromatic N) is 1. The maximum atomic E-state index is 5.31. The minimum atomic E-state index is 0. The Morgan fingerprint density at radius 1 is 1.14 bits per heavy atom. The van der Waals surface area contributed by atoms with E-state index in [0.29, 0.717) is 5.92 Å². The molecule has 0 amide bonds. The highest BCUT2D eigenvalue weighted by Gasteiger charge is 2.05. The second-order valence-corrected chi connectivity index (χ2v) is 5.21. The molecule has 0 spiro atoms. The van der Waals surface area contributed by atoms with Crippen LogP contribution in [0.5, 0.6) is 11.5 Å². The summed E-state index contributed by atoms with van der Waals surface area (Å²) < 4.78 is 10.5. The Balaban J connectivity index is 0.00000441. The Labute approximate surface area is 150 Å². The van der Waals surface area contributed by atoms with Gasteiger partial charge in [0.05, 0.1) is 14.2 Å². The van der Waals surface area contributed by atoms with Gasteiger partial charge in [-0.15, -0.1) is 24.0 Å². The number of ether oxygens (including phenoxy) is 2. The summed E-state index contributed by atoms with van der Waals surface area (Å²) in [5, 5.41) is 6.60. The number of aliphatic imine (C=N–C) groups is 1. The molecule has 0 bridgehead atoms. The van der Waals surface area contributed by atoms with E-state index >= 15 is 0 Å². The first-order chi connectivity index (χ1) is 10.1. The highest BCUT2D eigenvalue weighted by atomic mass is 127. The first kappa shape index (κ1) is 20.8. The highest BCUT2D eigenvalue weighted by Crippen LogP contribution is 2.27. The number of halogens is 1. The number of nitrogens with one attached hydrogen (secondary N) is 2. The summed E-state index contributed by atoms with van der Waals surface area (Å²) in [7, 11) is 5.08. The fourth-order valence-electron chi connectivity index (χ4n) is 1.88. The lowest BCUT2D eigenvalue weighted by molar-refractivity contribution is 0.354. The Morgan fingerprint density at radius 3 is 2.36 bits per heavy atom. The third-order valence-corrected chi connectivity index (χ3v) is 3.06. The lowest BCUT2D eigenvalue weighted by Gasteiger charge is -2.14. The molecule has 6 heteroatoms. The second-order valence-electron chi connectivity index (χ2n) is 5.21. The van der Waals surface area contributed by atoms with Gasteiger partial charge in [-0.25, -0.2) is 0 Å². The van der Waals surface area contributed by atoms with Crippen molar-refractivity contribution in [2.75, 3.05) is 34.4 Å². The van der Waals surface area contributed by atoms with Crippen LogP contribution >= 0.6 is 24.0 Å². The molecular formula is C16H28IN3O2. The molecule has 2 N–H and O–H groups in total. The van der Waals surface area contributed by atoms with Gasteiger partial charge in [0.2, 0.25) is 0 Å². The van der Waals surface area contributed by atoms with E-state index in [9.17, 15) is 0 Å². The van der Waals surface area contributed by atoms with Crippen molar-refractivity contribution >= 4 is 29.9 Å². The molecular weight excluding hydrogens is 393 g/mol. The Hall–Kier alpha value is -1.18. The largest absolute Gasteiger partial charge is 0.493 e. The van der Waals surface area contributed by atoms with Gasteiger partial charge in [0, 0.05) is 20.1 Å². The molecule has 0 aliphatic heterocycles. The van der Waals surface area contributed by atoms with Crippen molar-refractivity contribution in [2.24, 2.45) is 10.9 Å². The van der Waals surface area contributed by atoms with Gasteiger partial charge in [-0.2, -0.15) is 0 Å². The third kappa shape index (κ3) is 7.20. The first-order valence-corrected chi connectivity index (χ1v) is 7.26. The quantitative estimate of drug-likeness (QED) is 0.404. The minimum Gasteiger partial charge on any atom is -0.493 e. The minimum absolute atomic E-state index is 0. The standard InChI is InChI=1S/C16H27N3O2.HI/c1-12(2)11-19-16(17-3)18-9-8-13-6-7-14(20-4)15(10-13)21-5;/h6-7,10,12H,8-9,11H2,1-5H3,(H2,17,18,19);1H. The molecule has 0 fully saturated rings. The molecule has 1 aromatic carbocycles. The molecule has 0 unspecified atom stereocenters. The lowest BCUT2D eigenvalue weighted by Crippen LogP contribution is -2.39. The van der Waals surface area contributed by atoms with Crippen LogP contribution in [-0.4, -0.2) is 40.3 Å². The summed E-state index contributed by atoms with van der Waals surface area (Å²) in [6.45, 7) is 6.07. The van der Waals surface area contributed by atoms with Gasteiger partial charge in [0.25, 0.3) is 0 Å². The van der Waals surface area contributed by atoms with Crippen LogP contribution in [0.25, 0.3) is 0 Å². The highest BCUT2D eigenvalue weighted by molar-refractivity contribution is 14.0. The van der Waals surface area contributed by atoms with Crippen LogP contribution in [0, 0.1) is 5.92 Å². The van der Waals surface area contributed by atoms with E-state index in [1.807, 2.05) is 18.2 Å². The summed E-state index contributed by atoms with van der Waals surface area (Å²) in [6.07, 6.45) is 0.892. The second kappa shape index (κ2) is 11.4. The van der Waals surface area contributed by atoms with Crippen LogP contribution in [0.3, 0.4) is 0 Å². The molecule has 22 heavy (non-hydrogen) atoms. The average Bonchev–Trinajstić information content (AvgIpc) is 2.50. The fraction of sp³-hybridized carbons (Fsp3) is 0.562. The number of rotatable bonds is 7. The van der Waals surface area contributed by atoms with E-state index < -0.39 is 0 Å². The van der Waals surface area contributed by atoms with Crippen molar-refractivity contribution < 1.29 is 9.47 Å². The predicted octanol–water partition coefficient (Wildman–Crippen LogP) is 2.69. The zero-order chi connectivity index (χ0) is 15.7. The summed E-state index contributed by atoms with van der Waals surface area (Å²) in [4.78, 5) is 4.20. The molecule has 1 aromatic rings. The van der Waals surface area contributed by atoms with Gasteiger partial charge in [-0.05, 0) is 30.0 Å². The van der Waals surface area contributed by atoms with E-state index in [1.165, 1.54) is 5.56 Å². The van der Waals surface area contributed by atoms with Crippen molar-refractivity contribution in [3.05, 3.63) is 23.8 Å². The summed E-state index contributed by atoms with van der Waals surface area (Å²) in [5.41, 5.74) is 1.19. The molecule has 0 saturated carbocycles. The number of benzene rings is 1. The van der Waals surface area contributed by atoms with Crippen LogP contribution < -0.4 is 20.1 Å². The third-order valence-electron chi connectivity index (χ3n) is 3.06. The molecule has 0 aliphatic rings. The maximum Gasteiger partial charge on any atom is 0.190 e. The van der Waals surface area contributed by atoms with Crippen molar-refractivity contribution in [2.45, 2.75) is 20.3 Å². The number of hydrogen-bond donors (Lipinski definition) is 2. The van der Waals surface area contributed by atoms with Crippen molar-refractivity contribution in [3.63, 3.8) is 0 Å². The molecule has 0 radical (unpaired) electrons. The van der Waals surface area contributed by atoms with Crippen LogP contribution in [-0.2, 0) is 6.42 Å². The average molecular weight is 421 g/mol. The summed E-state index contributed by atoms with van der Waals surface area (Å²) in [6, 6.07) is 5.98. The van der Waals surface area contributed by atoms with Crippen LogP contribution in [0.2, 0.25) is 0 Å². The van der Waals surface area contributed by atoms with E-state index in [4.69, 9.17) is 9.47 Å². The SMILES string of the molecule is CN=C(NCCc1ccc(OC)c(OC)c1)NCC(C)C.I. The van der Waals surface area contributed by atoms with Crippen molar-refractivity contribution in [3.8, 4) is 11.5 Å². The fourth-order valence-corrected chi connectivity index (χ4v) is 1.88. The molecule has 0 heterocycles. The zero-order valence-electron chi connectivity index (χ0n) is 14.1. The van der Waals surface area contributed by atoms with Gasteiger partial charge in [-0.3, -0.25) is 4.99 Å². The van der Waals surface area contributed by atoms with E-state index in [1.54, 1.807) is 21.3 Å². The first-order valence-electron chi connectivity index (χ1n) is 7.26. The van der Waals surface area contributed by atoms with Crippen LogP contribution in [0.1, 0.15) is 19.4 Å². The number of guanidine groups is 1. The van der Waals surface area contributed by atoms with Crippen molar-refractivity contribution in [1.82, 2.24) is 10.6 Å². The molecule has 5 nitrogen and oxygen atoms in total. The lowest BCUT2D eigenvalue weighted by atomic mass is 10.1. The zero-order valence-corrected chi connectivity index (χ0v) is 16.4. The number of methoxy groups -OCH3 is 2. The van der Waals surface area contributed by atoms with Crippen molar-refractivity contribution in [1.29, 1.82) is 0 Å². The smallest absolute Gasteiger partial charge is 0.190 e. The molecule has 0 aliphatic carbocycles. The summed E-state index contributed by atoms with van der Waals surface area (Å²) in [5.74, 6) is 2.94. The van der Waals surface area contributed by atoms with Gasteiger partial charge in [-0.1, -0.05) is 19.9 Å².